The molecule has 0 spiro atoms. The maximum Gasteiger partial charge on any atom is 0.269 e. The highest BCUT2D eigenvalue weighted by molar-refractivity contribution is 5.52. The van der Waals surface area contributed by atoms with Crippen LogP contribution in [0.3, 0.4) is 0 Å². The highest BCUT2D eigenvalue weighted by Gasteiger charge is 2.23. The van der Waals surface area contributed by atoms with Gasteiger partial charge in [-0.3, -0.25) is 4.79 Å². The first-order valence-electron chi connectivity index (χ1n) is 5.14. The average molecular weight is 209 g/mol. The third kappa shape index (κ3) is 1.87. The third-order valence-electron chi connectivity index (χ3n) is 2.73. The van der Waals surface area contributed by atoms with E-state index in [2.05, 4.69) is 17.1 Å². The van der Waals surface area contributed by atoms with Crippen LogP contribution in [0.25, 0.3) is 0 Å². The van der Waals surface area contributed by atoms with Crippen LogP contribution in [0.15, 0.2) is 11.0 Å². The number of nitrogens with one attached hydrogen (secondary N) is 1. The Labute approximate surface area is 87.7 Å². The van der Waals surface area contributed by atoms with Crippen molar-refractivity contribution in [1.82, 2.24) is 10.2 Å². The van der Waals surface area contributed by atoms with E-state index in [1.54, 1.807) is 6.20 Å². The molecule has 15 heavy (non-hydrogen) atoms. The van der Waals surface area contributed by atoms with Crippen LogP contribution in [-0.4, -0.2) is 35.0 Å². The molecule has 0 aromatic carbocycles. The molecule has 82 valence electrons. The van der Waals surface area contributed by atoms with E-state index in [9.17, 15) is 4.79 Å². The maximum atomic E-state index is 11.6. The smallest absolute Gasteiger partial charge is 0.269 e. The Morgan fingerprint density at radius 2 is 2.53 bits per heavy atom. The van der Waals surface area contributed by atoms with Gasteiger partial charge in [0.1, 0.15) is 0 Å². The van der Waals surface area contributed by atoms with Crippen molar-refractivity contribution in [3.05, 3.63) is 22.1 Å². The van der Waals surface area contributed by atoms with Gasteiger partial charge in [0.05, 0.1) is 18.5 Å². The summed E-state index contributed by atoms with van der Waals surface area (Å²) < 4.78 is 0. The van der Waals surface area contributed by atoms with Crippen LogP contribution in [0.1, 0.15) is 12.5 Å². The molecule has 5 nitrogen and oxygen atoms in total. The van der Waals surface area contributed by atoms with Crippen molar-refractivity contribution in [2.24, 2.45) is 5.92 Å². The molecule has 0 fully saturated rings. The van der Waals surface area contributed by atoms with Crippen LogP contribution in [0.2, 0.25) is 0 Å². The lowest BCUT2D eigenvalue weighted by Crippen LogP contribution is -2.39. The van der Waals surface area contributed by atoms with E-state index < -0.39 is 0 Å². The first-order chi connectivity index (χ1) is 7.22. The van der Waals surface area contributed by atoms with Gasteiger partial charge < -0.3 is 10.0 Å². The zero-order chi connectivity index (χ0) is 10.8. The van der Waals surface area contributed by atoms with Crippen molar-refractivity contribution in [2.75, 3.05) is 24.6 Å². The van der Waals surface area contributed by atoms with Gasteiger partial charge in [0, 0.05) is 18.7 Å². The molecule has 1 atom stereocenters. The number of H-pyrrole nitrogens is 1. The molecule has 0 saturated carbocycles. The van der Waals surface area contributed by atoms with Gasteiger partial charge >= 0.3 is 0 Å². The number of anilines is 1. The van der Waals surface area contributed by atoms with Gasteiger partial charge in [0.15, 0.2) is 0 Å². The van der Waals surface area contributed by atoms with E-state index in [1.165, 1.54) is 0 Å². The second-order valence-corrected chi connectivity index (χ2v) is 4.04. The van der Waals surface area contributed by atoms with Crippen LogP contribution in [-0.2, 0) is 6.42 Å². The minimum absolute atomic E-state index is 0.0962. The molecule has 1 aliphatic heterocycles. The van der Waals surface area contributed by atoms with E-state index in [0.717, 1.165) is 24.2 Å². The topological polar surface area (TPSA) is 69.2 Å². The second-order valence-electron chi connectivity index (χ2n) is 4.04. The highest BCUT2D eigenvalue weighted by atomic mass is 16.3. The number of β-amino-alcohol motifs (C(OH)–C–C–N with tert-alkyl or cyclic N) is 1. The quantitative estimate of drug-likeness (QED) is 0.705. The van der Waals surface area contributed by atoms with Crippen LogP contribution < -0.4 is 10.5 Å². The highest BCUT2D eigenvalue weighted by Crippen LogP contribution is 2.25. The molecular formula is C10H15N3O2. The van der Waals surface area contributed by atoms with Crippen molar-refractivity contribution in [3.63, 3.8) is 0 Å². The van der Waals surface area contributed by atoms with Crippen LogP contribution >= 0.6 is 0 Å². The summed E-state index contributed by atoms with van der Waals surface area (Å²) in [5.74, 6) is 0.438. The largest absolute Gasteiger partial charge is 0.395 e. The van der Waals surface area contributed by atoms with Crippen LogP contribution in [0.5, 0.6) is 0 Å². The number of aromatic nitrogens is 2. The molecule has 5 heteroatoms. The van der Waals surface area contributed by atoms with Crippen molar-refractivity contribution in [1.29, 1.82) is 0 Å². The summed E-state index contributed by atoms with van der Waals surface area (Å²) in [7, 11) is 0. The maximum absolute atomic E-state index is 11.6. The summed E-state index contributed by atoms with van der Waals surface area (Å²) in [6.45, 7) is 3.63. The molecule has 0 aliphatic carbocycles. The van der Waals surface area contributed by atoms with Crippen molar-refractivity contribution < 1.29 is 5.11 Å². The lowest BCUT2D eigenvalue weighted by molar-refractivity contribution is 0.298. The number of aliphatic hydroxyl groups is 1. The molecule has 1 aromatic rings. The van der Waals surface area contributed by atoms with E-state index in [1.807, 2.05) is 4.90 Å². The lowest BCUT2D eigenvalue weighted by atomic mass is 9.96. The summed E-state index contributed by atoms with van der Waals surface area (Å²) in [4.78, 5) is 13.6. The van der Waals surface area contributed by atoms with E-state index in [0.29, 0.717) is 12.5 Å². The molecule has 1 unspecified atom stereocenters. The summed E-state index contributed by atoms with van der Waals surface area (Å²) in [5, 5.41) is 15.2. The molecule has 0 bridgehead atoms. The summed E-state index contributed by atoms with van der Waals surface area (Å²) >= 11 is 0. The van der Waals surface area contributed by atoms with Gasteiger partial charge in [-0.1, -0.05) is 6.92 Å². The van der Waals surface area contributed by atoms with Crippen LogP contribution in [0.4, 0.5) is 5.69 Å². The number of aliphatic hydroxyl groups excluding tert-OH is 1. The Kier molecular flexibility index (Phi) is 2.73. The van der Waals surface area contributed by atoms with E-state index in [4.69, 9.17) is 5.11 Å². The first-order valence-corrected chi connectivity index (χ1v) is 5.14. The Bertz CT molecular complexity index is 402. The van der Waals surface area contributed by atoms with E-state index in [-0.39, 0.29) is 12.2 Å². The standard InChI is InChI=1S/C10H15N3O2/c1-7-4-8-9(5-11-12-10(8)15)13(6-7)2-3-14/h5,7,14H,2-4,6H2,1H3,(H,12,15). The Morgan fingerprint density at radius 1 is 1.73 bits per heavy atom. The number of hydrogen-bond donors (Lipinski definition) is 2. The molecule has 1 aromatic heterocycles. The number of nitrogens with zero attached hydrogens (tertiary/aromatic N) is 2. The molecule has 2 heterocycles. The Hall–Kier alpha value is -1.36. The molecular weight excluding hydrogens is 194 g/mol. The monoisotopic (exact) mass is 209 g/mol. The van der Waals surface area contributed by atoms with Crippen molar-refractivity contribution in [2.45, 2.75) is 13.3 Å². The molecule has 2 N–H and O–H groups in total. The minimum Gasteiger partial charge on any atom is -0.395 e. The van der Waals surface area contributed by atoms with Gasteiger partial charge in [0.25, 0.3) is 5.56 Å². The fourth-order valence-electron chi connectivity index (χ4n) is 2.10. The number of aromatic amines is 1. The summed E-state index contributed by atoms with van der Waals surface area (Å²) in [6.07, 6.45) is 2.45. The molecule has 1 aliphatic rings. The van der Waals surface area contributed by atoms with Gasteiger partial charge in [-0.05, 0) is 12.3 Å². The fraction of sp³-hybridized carbons (Fsp3) is 0.600. The van der Waals surface area contributed by atoms with Crippen molar-refractivity contribution in [3.8, 4) is 0 Å². The van der Waals surface area contributed by atoms with Crippen molar-refractivity contribution >= 4 is 5.69 Å². The normalized spacial score (nSPS) is 20.1. The number of fused-ring (bicyclic) bond motifs is 1. The minimum atomic E-state index is -0.109. The zero-order valence-electron chi connectivity index (χ0n) is 8.73. The van der Waals surface area contributed by atoms with Crippen LogP contribution in [0, 0.1) is 5.92 Å². The molecule has 0 radical (unpaired) electrons. The Morgan fingerprint density at radius 3 is 3.27 bits per heavy atom. The number of rotatable bonds is 2. The van der Waals surface area contributed by atoms with Gasteiger partial charge in [0.2, 0.25) is 0 Å². The Balaban J connectivity index is 2.42. The number of hydrogen-bond acceptors (Lipinski definition) is 4. The SMILES string of the molecule is CC1Cc2c(cn[nH]c2=O)N(CCO)C1. The first kappa shape index (κ1) is 10.2. The summed E-state index contributed by atoms with van der Waals surface area (Å²) in [6, 6.07) is 0. The molecule has 0 amide bonds. The molecule has 0 saturated heterocycles. The zero-order valence-corrected chi connectivity index (χ0v) is 8.73. The lowest BCUT2D eigenvalue weighted by Gasteiger charge is -2.33. The fourth-order valence-corrected chi connectivity index (χ4v) is 2.10. The van der Waals surface area contributed by atoms with Gasteiger partial charge in [-0.25, -0.2) is 5.10 Å². The average Bonchev–Trinajstić information content (AvgIpc) is 2.20. The van der Waals surface area contributed by atoms with Gasteiger partial charge in [-0.2, -0.15) is 5.10 Å². The summed E-state index contributed by atoms with van der Waals surface area (Å²) in [5.41, 5.74) is 1.55. The predicted octanol–water partition coefficient (Wildman–Crippen LogP) is -0.239. The van der Waals surface area contributed by atoms with E-state index >= 15 is 0 Å². The third-order valence-corrected chi connectivity index (χ3v) is 2.73. The second kappa shape index (κ2) is 4.02. The van der Waals surface area contributed by atoms with Gasteiger partial charge in [-0.15, -0.1) is 0 Å². The predicted molar refractivity (Wildman–Crippen MR) is 57.0 cm³/mol. The molecule has 2 rings (SSSR count).